The smallest absolute Gasteiger partial charge is 0.333 e. The molecule has 0 aliphatic carbocycles. The molecule has 0 fully saturated rings. The lowest BCUT2D eigenvalue weighted by Gasteiger charge is -2.10. The van der Waals surface area contributed by atoms with Crippen molar-refractivity contribution in [1.82, 2.24) is 24.5 Å². The minimum absolute atomic E-state index is 0.190. The second-order valence-corrected chi connectivity index (χ2v) is 7.00. The second kappa shape index (κ2) is 8.08. The van der Waals surface area contributed by atoms with Crippen LogP contribution in [0.2, 0.25) is 0 Å². The lowest BCUT2D eigenvalue weighted by atomic mass is 10.2. The quantitative estimate of drug-likeness (QED) is 0.435. The Labute approximate surface area is 171 Å². The van der Waals surface area contributed by atoms with Crippen LogP contribution < -0.4 is 10.3 Å². The third-order valence-electron chi connectivity index (χ3n) is 4.19. The molecule has 0 aliphatic rings. The van der Waals surface area contributed by atoms with Gasteiger partial charge in [-0.1, -0.05) is 15.9 Å². The summed E-state index contributed by atoms with van der Waals surface area (Å²) in [6.07, 6.45) is 4.11. The van der Waals surface area contributed by atoms with Crippen LogP contribution in [0.1, 0.15) is 6.55 Å². The van der Waals surface area contributed by atoms with Crippen molar-refractivity contribution >= 4 is 26.8 Å². The average molecular weight is 462 g/mol. The predicted molar refractivity (Wildman–Crippen MR) is 106 cm³/mol. The maximum atomic E-state index is 12.7. The zero-order valence-corrected chi connectivity index (χ0v) is 16.5. The van der Waals surface area contributed by atoms with Crippen LogP contribution in [-0.2, 0) is 6.54 Å². The van der Waals surface area contributed by atoms with Gasteiger partial charge in [-0.15, -0.1) is 0 Å². The van der Waals surface area contributed by atoms with E-state index in [0.717, 1.165) is 15.4 Å². The highest BCUT2D eigenvalue weighted by Gasteiger charge is 2.11. The molecule has 148 valence electrons. The fourth-order valence-electron chi connectivity index (χ4n) is 2.80. The summed E-state index contributed by atoms with van der Waals surface area (Å²) in [5.41, 5.74) is 1.23. The monoisotopic (exact) mass is 461 g/mol. The number of hydrogen-bond donors (Lipinski definition) is 0. The first-order valence-corrected chi connectivity index (χ1v) is 9.38. The van der Waals surface area contributed by atoms with Gasteiger partial charge in [0.15, 0.2) is 0 Å². The van der Waals surface area contributed by atoms with Gasteiger partial charge in [0.1, 0.15) is 12.4 Å². The van der Waals surface area contributed by atoms with E-state index in [1.165, 1.54) is 29.2 Å². The van der Waals surface area contributed by atoms with Crippen molar-refractivity contribution in [3.05, 3.63) is 69.8 Å². The molecule has 0 atom stereocenters. The highest BCUT2D eigenvalue weighted by molar-refractivity contribution is 9.10. The van der Waals surface area contributed by atoms with Crippen molar-refractivity contribution in [2.24, 2.45) is 0 Å². The molecule has 4 aromatic rings. The number of benzene rings is 1. The average Bonchev–Trinajstić information content (AvgIpc) is 3.20. The van der Waals surface area contributed by atoms with Gasteiger partial charge >= 0.3 is 6.55 Å². The number of halogens is 3. The molecular weight excluding hydrogens is 448 g/mol. The molecule has 0 N–H and O–H groups in total. The number of alkyl halides is 2. The van der Waals surface area contributed by atoms with Crippen LogP contribution in [0, 0.1) is 0 Å². The molecule has 0 radical (unpaired) electrons. The van der Waals surface area contributed by atoms with Gasteiger partial charge in [-0.25, -0.2) is 9.36 Å². The largest absolute Gasteiger partial charge is 0.491 e. The van der Waals surface area contributed by atoms with Crippen molar-refractivity contribution in [2.45, 2.75) is 13.1 Å². The Bertz CT molecular complexity index is 1220. The molecule has 0 saturated heterocycles. The van der Waals surface area contributed by atoms with E-state index in [2.05, 4.69) is 31.1 Å². The maximum absolute atomic E-state index is 12.7. The van der Waals surface area contributed by atoms with E-state index >= 15 is 0 Å². The summed E-state index contributed by atoms with van der Waals surface area (Å²) in [6, 6.07) is 10.2. The molecule has 4 rings (SSSR count). The van der Waals surface area contributed by atoms with Crippen molar-refractivity contribution in [3.8, 4) is 17.0 Å². The van der Waals surface area contributed by atoms with Gasteiger partial charge in [0, 0.05) is 33.9 Å². The number of rotatable bonds is 6. The van der Waals surface area contributed by atoms with Crippen molar-refractivity contribution in [1.29, 1.82) is 0 Å². The number of fused-ring (bicyclic) bond motifs is 1. The van der Waals surface area contributed by atoms with Crippen LogP contribution in [0.25, 0.3) is 22.2 Å². The molecule has 1 aromatic carbocycles. The maximum Gasteiger partial charge on any atom is 0.333 e. The Morgan fingerprint density at radius 2 is 2.03 bits per heavy atom. The Morgan fingerprint density at radius 3 is 2.83 bits per heavy atom. The van der Waals surface area contributed by atoms with Crippen LogP contribution >= 0.6 is 15.9 Å². The van der Waals surface area contributed by atoms with Crippen molar-refractivity contribution < 1.29 is 13.5 Å². The normalized spacial score (nSPS) is 11.3. The topological polar surface area (TPSA) is 74.8 Å². The summed E-state index contributed by atoms with van der Waals surface area (Å²) in [5.74, 6) is 0.643. The summed E-state index contributed by atoms with van der Waals surface area (Å²) < 4.78 is 33.9. The van der Waals surface area contributed by atoms with E-state index in [1.807, 2.05) is 18.2 Å². The van der Waals surface area contributed by atoms with Crippen LogP contribution in [0.5, 0.6) is 5.75 Å². The van der Waals surface area contributed by atoms with Crippen molar-refractivity contribution in [2.75, 3.05) is 6.61 Å². The Kier molecular flexibility index (Phi) is 5.34. The molecule has 3 aromatic heterocycles. The van der Waals surface area contributed by atoms with Gasteiger partial charge in [-0.05, 0) is 30.3 Å². The Balaban J connectivity index is 1.51. The lowest BCUT2D eigenvalue weighted by Crippen LogP contribution is -2.25. The zero-order chi connectivity index (χ0) is 20.4. The zero-order valence-electron chi connectivity index (χ0n) is 14.9. The molecule has 0 spiro atoms. The van der Waals surface area contributed by atoms with Gasteiger partial charge in [-0.2, -0.15) is 19.0 Å². The van der Waals surface area contributed by atoms with Crippen molar-refractivity contribution in [3.63, 3.8) is 0 Å². The molecule has 0 saturated carbocycles. The highest BCUT2D eigenvalue weighted by Crippen LogP contribution is 2.26. The standard InChI is InChI=1S/C19H14BrF2N5O2/c20-13-1-2-14-16(9-13)23-6-5-17(14)29-8-7-26-18(28)4-3-15(25-26)12-10-24-27(11-12)19(21)22/h1-6,9-11,19H,7-8H2. The lowest BCUT2D eigenvalue weighted by molar-refractivity contribution is 0.0566. The third-order valence-corrected chi connectivity index (χ3v) is 4.68. The van der Waals surface area contributed by atoms with E-state index in [1.54, 1.807) is 12.3 Å². The van der Waals surface area contributed by atoms with Crippen LogP contribution in [0.4, 0.5) is 8.78 Å². The van der Waals surface area contributed by atoms with Gasteiger partial charge in [0.25, 0.3) is 5.56 Å². The number of ether oxygens (including phenoxy) is 1. The molecule has 10 heteroatoms. The summed E-state index contributed by atoms with van der Waals surface area (Å²) in [7, 11) is 0. The molecule has 29 heavy (non-hydrogen) atoms. The van der Waals surface area contributed by atoms with E-state index in [-0.39, 0.29) is 18.7 Å². The number of aromatic nitrogens is 5. The van der Waals surface area contributed by atoms with Gasteiger partial charge in [0.2, 0.25) is 0 Å². The minimum Gasteiger partial charge on any atom is -0.491 e. The Morgan fingerprint density at radius 1 is 1.17 bits per heavy atom. The summed E-state index contributed by atoms with van der Waals surface area (Å²) in [4.78, 5) is 16.4. The number of nitrogens with zero attached hydrogens (tertiary/aromatic N) is 5. The van der Waals surface area contributed by atoms with Gasteiger partial charge in [0.05, 0.1) is 24.0 Å². The summed E-state index contributed by atoms with van der Waals surface area (Å²) in [5, 5.41) is 8.67. The summed E-state index contributed by atoms with van der Waals surface area (Å²) in [6.45, 7) is -2.35. The van der Waals surface area contributed by atoms with E-state index in [0.29, 0.717) is 21.7 Å². The fourth-order valence-corrected chi connectivity index (χ4v) is 3.15. The van der Waals surface area contributed by atoms with Gasteiger partial charge < -0.3 is 4.74 Å². The highest BCUT2D eigenvalue weighted by atomic mass is 79.9. The van der Waals surface area contributed by atoms with Crippen LogP contribution in [0.3, 0.4) is 0 Å². The molecule has 0 bridgehead atoms. The molecular formula is C19H14BrF2N5O2. The number of pyridine rings is 1. The van der Waals surface area contributed by atoms with E-state index in [9.17, 15) is 13.6 Å². The fraction of sp³-hybridized carbons (Fsp3) is 0.158. The first-order chi connectivity index (χ1) is 14.0. The first-order valence-electron chi connectivity index (χ1n) is 8.59. The van der Waals surface area contributed by atoms with Gasteiger partial charge in [-0.3, -0.25) is 9.78 Å². The third kappa shape index (κ3) is 4.16. The SMILES string of the molecule is O=c1ccc(-c2cnn(C(F)F)c2)nn1CCOc1ccnc2cc(Br)ccc12. The first kappa shape index (κ1) is 19.2. The molecule has 7 nitrogen and oxygen atoms in total. The van der Waals surface area contributed by atoms with E-state index in [4.69, 9.17) is 4.74 Å². The summed E-state index contributed by atoms with van der Waals surface area (Å²) >= 11 is 3.41. The number of hydrogen-bond acceptors (Lipinski definition) is 5. The van der Waals surface area contributed by atoms with Crippen LogP contribution in [-0.4, -0.2) is 31.2 Å². The molecule has 0 amide bonds. The Hall–Kier alpha value is -3.14. The molecule has 0 unspecified atom stereocenters. The predicted octanol–water partition coefficient (Wildman–Crippen LogP) is 3.89. The second-order valence-electron chi connectivity index (χ2n) is 6.09. The molecule has 3 heterocycles. The minimum atomic E-state index is -2.74. The van der Waals surface area contributed by atoms with Crippen LogP contribution in [0.15, 0.2) is 64.3 Å². The molecule has 0 aliphatic heterocycles. The van der Waals surface area contributed by atoms with E-state index < -0.39 is 6.55 Å².